The molecule has 4 unspecified atom stereocenters. The first-order valence-corrected chi connectivity index (χ1v) is 42.3. The van der Waals surface area contributed by atoms with Gasteiger partial charge in [0.1, 0.15) is 36.2 Å². The van der Waals surface area contributed by atoms with E-state index in [0.29, 0.717) is 43.3 Å². The highest BCUT2D eigenvalue weighted by molar-refractivity contribution is 7.97. The first-order chi connectivity index (χ1) is 51.9. The van der Waals surface area contributed by atoms with Crippen LogP contribution in [0.1, 0.15) is 288 Å². The molecule has 1 N–H and O–H groups in total. The third-order valence-electron chi connectivity index (χ3n) is 23.0. The molecule has 14 rings (SSSR count). The number of fused-ring (bicyclic) bond motifs is 1. The Morgan fingerprint density at radius 2 is 0.745 bits per heavy atom. The predicted octanol–water partition coefficient (Wildman–Crippen LogP) is 28.8. The minimum absolute atomic E-state index is 0.0146. The van der Waals surface area contributed by atoms with Gasteiger partial charge in [-0.1, -0.05) is 276 Å². The average molecular weight is 1440 g/mol. The van der Waals surface area contributed by atoms with Crippen molar-refractivity contribution in [3.63, 3.8) is 0 Å². The lowest BCUT2D eigenvalue weighted by Crippen LogP contribution is -2.19. The molecule has 560 valence electrons. The lowest BCUT2D eigenvalue weighted by molar-refractivity contribution is -0.0739. The quantitative estimate of drug-likeness (QED) is 0.0393. The second kappa shape index (κ2) is 43.7. The van der Waals surface area contributed by atoms with Gasteiger partial charge in [-0.25, -0.2) is 0 Å². The SMILES string of the molecule is CCC(C)c1ccc(O)cc1.CCC(C)c1ccc(OC(C)OCCOc2ccc(C3CCCCC3)cc2)cc1.CCC(C)c1ccc(OCc2cccc3ccccc23)cc1.Cc1c(C2CCCCC2)cc(C2CCCCC2)cc1C1CCCCC1.c1ccc([S+](c2ccccc2)c2ccccc2)cc1. The molecule has 4 aliphatic rings. The molecule has 0 aromatic heterocycles. The lowest BCUT2D eigenvalue weighted by Gasteiger charge is -2.31. The zero-order valence-electron chi connectivity index (χ0n) is 65.6. The summed E-state index contributed by atoms with van der Waals surface area (Å²) in [5.41, 5.74) is 13.6. The van der Waals surface area contributed by atoms with Gasteiger partial charge in [0.25, 0.3) is 0 Å². The van der Waals surface area contributed by atoms with Crippen molar-refractivity contribution in [3.05, 3.63) is 293 Å². The van der Waals surface area contributed by atoms with Crippen molar-refractivity contribution in [2.75, 3.05) is 13.2 Å². The van der Waals surface area contributed by atoms with E-state index in [1.807, 2.05) is 31.2 Å². The largest absolute Gasteiger partial charge is 0.508 e. The predicted molar refractivity (Wildman–Crippen MR) is 449 cm³/mol. The molecule has 0 spiro atoms. The van der Waals surface area contributed by atoms with Crippen LogP contribution < -0.4 is 14.2 Å². The summed E-state index contributed by atoms with van der Waals surface area (Å²) < 4.78 is 23.4. The van der Waals surface area contributed by atoms with Crippen LogP contribution in [0.5, 0.6) is 23.0 Å². The van der Waals surface area contributed by atoms with Gasteiger partial charge in [0.05, 0.1) is 17.5 Å². The smallest absolute Gasteiger partial charge is 0.197 e. The van der Waals surface area contributed by atoms with Crippen molar-refractivity contribution in [3.8, 4) is 23.0 Å². The first-order valence-electron chi connectivity index (χ1n) is 41.1. The summed E-state index contributed by atoms with van der Waals surface area (Å²) in [5.74, 6) is 8.11. The van der Waals surface area contributed by atoms with Crippen LogP contribution in [0.25, 0.3) is 10.8 Å². The van der Waals surface area contributed by atoms with Crippen molar-refractivity contribution in [1.82, 2.24) is 0 Å². The second-order valence-corrected chi connectivity index (χ2v) is 32.5. The summed E-state index contributed by atoms with van der Waals surface area (Å²) in [4.78, 5) is 4.08. The van der Waals surface area contributed by atoms with Crippen molar-refractivity contribution >= 4 is 21.7 Å². The summed E-state index contributed by atoms with van der Waals surface area (Å²) in [7, 11) is -0.0146. The zero-order chi connectivity index (χ0) is 74.1. The molecule has 0 amide bonds. The van der Waals surface area contributed by atoms with Gasteiger partial charge in [0.2, 0.25) is 0 Å². The molecule has 6 heteroatoms. The number of ether oxygens (including phenoxy) is 4. The van der Waals surface area contributed by atoms with Gasteiger partial charge in [0.15, 0.2) is 21.0 Å². The van der Waals surface area contributed by atoms with Crippen LogP contribution in [0.15, 0.2) is 257 Å². The summed E-state index contributed by atoms with van der Waals surface area (Å²) in [6.45, 7) is 19.3. The van der Waals surface area contributed by atoms with Crippen LogP contribution in [-0.2, 0) is 22.2 Å². The van der Waals surface area contributed by atoms with Crippen LogP contribution in [0.4, 0.5) is 0 Å². The Labute approximate surface area is 642 Å². The Bertz CT molecular complexity index is 3900. The van der Waals surface area contributed by atoms with E-state index in [9.17, 15) is 0 Å². The van der Waals surface area contributed by atoms with Crippen molar-refractivity contribution in [1.29, 1.82) is 0 Å². The fraction of sp³-hybridized carbons (Fsp3) is 0.420. The first kappa shape index (κ1) is 80.5. The molecule has 106 heavy (non-hydrogen) atoms. The third-order valence-corrected chi connectivity index (χ3v) is 25.3. The maximum atomic E-state index is 9.01. The van der Waals surface area contributed by atoms with E-state index < -0.39 is 0 Å². The number of phenols is 1. The maximum Gasteiger partial charge on any atom is 0.197 e. The van der Waals surface area contributed by atoms with E-state index >= 15 is 0 Å². The second-order valence-electron chi connectivity index (χ2n) is 30.5. The van der Waals surface area contributed by atoms with Gasteiger partial charge >= 0.3 is 0 Å². The van der Waals surface area contributed by atoms with Gasteiger partial charge in [-0.15, -0.1) is 0 Å². The third kappa shape index (κ3) is 24.8. The molecule has 4 aliphatic carbocycles. The Balaban J connectivity index is 0.000000145. The van der Waals surface area contributed by atoms with E-state index in [0.717, 1.165) is 60.2 Å². The maximum absolute atomic E-state index is 9.01. The van der Waals surface area contributed by atoms with Gasteiger partial charge in [-0.2, -0.15) is 0 Å². The van der Waals surface area contributed by atoms with Crippen LogP contribution in [0.2, 0.25) is 0 Å². The number of aromatic hydroxyl groups is 1. The summed E-state index contributed by atoms with van der Waals surface area (Å²) in [5, 5.41) is 11.5. The highest BCUT2D eigenvalue weighted by atomic mass is 32.2. The minimum Gasteiger partial charge on any atom is -0.508 e. The number of hydrogen-bond acceptors (Lipinski definition) is 5. The van der Waals surface area contributed by atoms with E-state index in [2.05, 4.69) is 255 Å². The molecule has 5 nitrogen and oxygen atoms in total. The van der Waals surface area contributed by atoms with Crippen molar-refractivity contribution < 1.29 is 24.1 Å². The van der Waals surface area contributed by atoms with Crippen LogP contribution in [0.3, 0.4) is 0 Å². The Morgan fingerprint density at radius 3 is 1.20 bits per heavy atom. The highest BCUT2D eigenvalue weighted by Crippen LogP contribution is 2.44. The molecule has 0 bridgehead atoms. The molecule has 4 atom stereocenters. The monoisotopic (exact) mass is 1440 g/mol. The Kier molecular flexibility index (Phi) is 33.2. The molecule has 10 aromatic rings. The normalized spacial score (nSPS) is 16.2. The minimum atomic E-state index is -0.304. The molecule has 0 heterocycles. The summed E-state index contributed by atoms with van der Waals surface area (Å²) in [6, 6.07) is 85.2. The fourth-order valence-electron chi connectivity index (χ4n) is 15.9. The number of benzene rings is 10. The molecular formula is C100H125O5S+. The van der Waals surface area contributed by atoms with Gasteiger partial charge in [-0.05, 0) is 272 Å². The van der Waals surface area contributed by atoms with E-state index in [1.54, 1.807) is 34.4 Å². The molecule has 0 radical (unpaired) electrons. The van der Waals surface area contributed by atoms with Gasteiger partial charge in [-0.3, -0.25) is 0 Å². The molecule has 4 saturated carbocycles. The number of phenolic OH excluding ortho intramolecular Hbond substituents is 1. The van der Waals surface area contributed by atoms with Crippen molar-refractivity contribution in [2.24, 2.45) is 0 Å². The molecule has 0 saturated heterocycles. The van der Waals surface area contributed by atoms with E-state index in [1.165, 1.54) is 182 Å². The summed E-state index contributed by atoms with van der Waals surface area (Å²) >= 11 is 0. The molecule has 4 fully saturated rings. The van der Waals surface area contributed by atoms with E-state index in [4.69, 9.17) is 24.1 Å². The van der Waals surface area contributed by atoms with Crippen LogP contribution in [-0.4, -0.2) is 24.6 Å². The number of rotatable bonds is 23. The molecular weight excluding hydrogens is 1310 g/mol. The van der Waals surface area contributed by atoms with Crippen molar-refractivity contribution in [2.45, 2.75) is 272 Å². The average Bonchev–Trinajstić information content (AvgIpc) is 0.787. The number of hydrogen-bond donors (Lipinski definition) is 1. The summed E-state index contributed by atoms with van der Waals surface area (Å²) in [6.07, 6.45) is 31.7. The fourth-order valence-corrected chi connectivity index (χ4v) is 18.0. The van der Waals surface area contributed by atoms with E-state index in [-0.39, 0.29) is 17.2 Å². The topological polar surface area (TPSA) is 57.2 Å². The standard InChI is InChI=1S/C26H36O3.C25H38.C21H22O.C18H15S.C10H14O/c1-4-20(2)22-10-16-26(17-11-22)29-21(3)27-18-19-28-25-14-12-24(13-15-25)23-8-6-5-7-9-23;1-19-24(21-13-7-3-8-14-21)17-23(20-11-5-2-6-12-20)18-25(19)22-15-9-4-10-16-22;1-3-16(2)17-11-13-20(14-12-17)22-15-19-9-6-8-18-7-4-5-10-21(18)19;1-4-10-16(11-5-1)19(17-12-6-2-7-13-17)18-14-8-3-9-15-18;1-3-8(2)9-4-6-10(11)7-5-9/h10-17,20-21,23H,4-9,18-19H2,1-3H3;17-18,20-22H,2-16H2,1H3;4-14,16H,3,15H2,1-2H3;1-15H;4-8,11H,3H2,1-2H3/q;;;+1;. The Hall–Kier alpha value is -8.03. The Morgan fingerprint density at radius 1 is 0.368 bits per heavy atom. The van der Waals surface area contributed by atoms with Gasteiger partial charge in [0, 0.05) is 0 Å². The molecule has 0 aliphatic heterocycles. The van der Waals surface area contributed by atoms with Crippen LogP contribution >= 0.6 is 0 Å². The zero-order valence-corrected chi connectivity index (χ0v) is 66.4. The van der Waals surface area contributed by atoms with Crippen LogP contribution in [0, 0.1) is 6.92 Å². The van der Waals surface area contributed by atoms with Gasteiger partial charge < -0.3 is 24.1 Å². The molecule has 10 aromatic carbocycles. The lowest BCUT2D eigenvalue weighted by atomic mass is 9.74. The highest BCUT2D eigenvalue weighted by Gasteiger charge is 2.29.